The van der Waals surface area contributed by atoms with Crippen LogP contribution in [0.1, 0.15) is 24.4 Å². The molecule has 0 amide bonds. The lowest BCUT2D eigenvalue weighted by molar-refractivity contribution is 0.656. The monoisotopic (exact) mass is 323 g/mol. The molecule has 0 radical (unpaired) electrons. The second kappa shape index (κ2) is 5.07. The molecule has 3 rings (SSSR count). The highest BCUT2D eigenvalue weighted by molar-refractivity contribution is 9.10. The molecule has 1 fully saturated rings. The second-order valence-corrected chi connectivity index (χ2v) is 6.42. The first-order chi connectivity index (χ1) is 8.70. The summed E-state index contributed by atoms with van der Waals surface area (Å²) in [6, 6.07) is 4.83. The van der Waals surface area contributed by atoms with Crippen LogP contribution in [0.3, 0.4) is 0 Å². The molecular weight excluding hydrogens is 310 g/mol. The van der Waals surface area contributed by atoms with Gasteiger partial charge in [-0.15, -0.1) is 11.3 Å². The summed E-state index contributed by atoms with van der Waals surface area (Å²) < 4.78 is 1.11. The highest BCUT2D eigenvalue weighted by Crippen LogP contribution is 2.29. The van der Waals surface area contributed by atoms with Crippen molar-refractivity contribution in [3.63, 3.8) is 0 Å². The number of hydrogen-bond donors (Lipinski definition) is 1. The van der Waals surface area contributed by atoms with E-state index in [-0.39, 0.29) is 0 Å². The first-order valence-electron chi connectivity index (χ1n) is 6.03. The van der Waals surface area contributed by atoms with Crippen LogP contribution in [0, 0.1) is 6.92 Å². The van der Waals surface area contributed by atoms with Gasteiger partial charge in [-0.1, -0.05) is 0 Å². The number of aryl methyl sites for hydroxylation is 1. The molecule has 0 bridgehead atoms. The lowest BCUT2D eigenvalue weighted by Gasteiger charge is -2.05. The molecule has 5 heteroatoms. The zero-order valence-electron chi connectivity index (χ0n) is 10.1. The number of thiophene rings is 1. The minimum absolute atomic E-state index is 0.688. The third kappa shape index (κ3) is 2.96. The molecule has 0 atom stereocenters. The molecule has 1 saturated carbocycles. The standard InChI is InChI=1S/C13H14BrN3S/c1-8-4-11(12-5-9(14)7-18-12)17-13(16-8)6-15-10-2-3-10/h4-5,7,10,15H,2-3,6H2,1H3. The molecule has 94 valence electrons. The quantitative estimate of drug-likeness (QED) is 0.935. The Balaban J connectivity index is 1.84. The Labute approximate surface area is 119 Å². The van der Waals surface area contributed by atoms with Crippen molar-refractivity contribution in [1.82, 2.24) is 15.3 Å². The van der Waals surface area contributed by atoms with Crippen molar-refractivity contribution in [3.8, 4) is 10.6 Å². The van der Waals surface area contributed by atoms with Crippen molar-refractivity contribution in [2.24, 2.45) is 0 Å². The maximum Gasteiger partial charge on any atom is 0.143 e. The summed E-state index contributed by atoms with van der Waals surface area (Å²) in [6.07, 6.45) is 2.58. The number of rotatable bonds is 4. The molecule has 0 unspecified atom stereocenters. The third-order valence-electron chi connectivity index (χ3n) is 2.85. The minimum atomic E-state index is 0.688. The molecule has 18 heavy (non-hydrogen) atoms. The number of aromatic nitrogens is 2. The van der Waals surface area contributed by atoms with Crippen LogP contribution in [0.15, 0.2) is 22.0 Å². The fourth-order valence-corrected chi connectivity index (χ4v) is 3.19. The maximum atomic E-state index is 4.63. The van der Waals surface area contributed by atoms with E-state index in [1.165, 1.54) is 17.7 Å². The molecule has 2 aromatic rings. The number of hydrogen-bond acceptors (Lipinski definition) is 4. The van der Waals surface area contributed by atoms with Crippen molar-refractivity contribution in [1.29, 1.82) is 0 Å². The zero-order valence-corrected chi connectivity index (χ0v) is 12.5. The van der Waals surface area contributed by atoms with Crippen LogP contribution in [-0.4, -0.2) is 16.0 Å². The van der Waals surface area contributed by atoms with Gasteiger partial charge in [0.25, 0.3) is 0 Å². The average molecular weight is 324 g/mol. The van der Waals surface area contributed by atoms with Crippen molar-refractivity contribution in [3.05, 3.63) is 33.5 Å². The summed E-state index contributed by atoms with van der Waals surface area (Å²) in [7, 11) is 0. The van der Waals surface area contributed by atoms with E-state index in [0.29, 0.717) is 6.04 Å². The molecule has 0 spiro atoms. The van der Waals surface area contributed by atoms with Gasteiger partial charge in [0.2, 0.25) is 0 Å². The van der Waals surface area contributed by atoms with Gasteiger partial charge < -0.3 is 5.32 Å². The highest BCUT2D eigenvalue weighted by Gasteiger charge is 2.20. The fraction of sp³-hybridized carbons (Fsp3) is 0.385. The van der Waals surface area contributed by atoms with Gasteiger partial charge in [0, 0.05) is 21.6 Å². The van der Waals surface area contributed by atoms with Crippen molar-refractivity contribution >= 4 is 27.3 Å². The van der Waals surface area contributed by atoms with Crippen LogP contribution in [0.2, 0.25) is 0 Å². The van der Waals surface area contributed by atoms with Gasteiger partial charge in [-0.05, 0) is 47.8 Å². The Hall–Kier alpha value is -0.780. The highest BCUT2D eigenvalue weighted by atomic mass is 79.9. The van der Waals surface area contributed by atoms with E-state index in [2.05, 4.69) is 42.7 Å². The normalized spacial score (nSPS) is 15.0. The van der Waals surface area contributed by atoms with Crippen molar-refractivity contribution in [2.45, 2.75) is 32.4 Å². The Kier molecular flexibility index (Phi) is 3.46. The molecule has 3 nitrogen and oxygen atoms in total. The zero-order chi connectivity index (χ0) is 12.5. The van der Waals surface area contributed by atoms with Crippen LogP contribution in [0.5, 0.6) is 0 Å². The van der Waals surface area contributed by atoms with E-state index in [1.54, 1.807) is 11.3 Å². The van der Waals surface area contributed by atoms with Crippen molar-refractivity contribution < 1.29 is 0 Å². The molecule has 1 N–H and O–H groups in total. The smallest absolute Gasteiger partial charge is 0.143 e. The average Bonchev–Trinajstić information content (AvgIpc) is 3.07. The van der Waals surface area contributed by atoms with Gasteiger partial charge in [-0.25, -0.2) is 9.97 Å². The largest absolute Gasteiger partial charge is 0.307 e. The Morgan fingerprint density at radius 1 is 1.39 bits per heavy atom. The topological polar surface area (TPSA) is 37.8 Å². The van der Waals surface area contributed by atoms with E-state index >= 15 is 0 Å². The number of nitrogens with one attached hydrogen (secondary N) is 1. The fourth-order valence-electron chi connectivity index (χ4n) is 1.81. The summed E-state index contributed by atoms with van der Waals surface area (Å²) in [5.41, 5.74) is 2.04. The van der Waals surface area contributed by atoms with E-state index in [1.807, 2.05) is 13.0 Å². The van der Waals surface area contributed by atoms with Crippen LogP contribution in [-0.2, 0) is 6.54 Å². The molecule has 1 aliphatic rings. The first kappa shape index (κ1) is 12.3. The van der Waals surface area contributed by atoms with Gasteiger partial charge in [0.15, 0.2) is 0 Å². The van der Waals surface area contributed by atoms with Gasteiger partial charge in [-0.3, -0.25) is 0 Å². The predicted octanol–water partition coefficient (Wildman–Crippen LogP) is 3.53. The number of nitrogens with zero attached hydrogens (tertiary/aromatic N) is 2. The molecular formula is C13H14BrN3S. The maximum absolute atomic E-state index is 4.63. The van der Waals surface area contributed by atoms with E-state index in [4.69, 9.17) is 0 Å². The molecule has 0 saturated heterocycles. The van der Waals surface area contributed by atoms with Crippen LogP contribution in [0.25, 0.3) is 10.6 Å². The Morgan fingerprint density at radius 3 is 2.89 bits per heavy atom. The van der Waals surface area contributed by atoms with Crippen LogP contribution < -0.4 is 5.32 Å². The van der Waals surface area contributed by atoms with E-state index in [9.17, 15) is 0 Å². The summed E-state index contributed by atoms with van der Waals surface area (Å²) in [5.74, 6) is 0.890. The number of halogens is 1. The third-order valence-corrected chi connectivity index (χ3v) is 4.56. The van der Waals surface area contributed by atoms with Crippen LogP contribution >= 0.6 is 27.3 Å². The lowest BCUT2D eigenvalue weighted by atomic mass is 10.3. The SMILES string of the molecule is Cc1cc(-c2cc(Br)cs2)nc(CNC2CC2)n1. The molecule has 2 aromatic heterocycles. The minimum Gasteiger partial charge on any atom is -0.307 e. The summed E-state index contributed by atoms with van der Waals surface area (Å²) >= 11 is 5.18. The first-order valence-corrected chi connectivity index (χ1v) is 7.70. The van der Waals surface area contributed by atoms with Crippen LogP contribution in [0.4, 0.5) is 0 Å². The van der Waals surface area contributed by atoms with Gasteiger partial charge in [-0.2, -0.15) is 0 Å². The molecule has 1 aliphatic carbocycles. The Bertz CT molecular complexity index is 563. The van der Waals surface area contributed by atoms with E-state index in [0.717, 1.165) is 28.2 Å². The lowest BCUT2D eigenvalue weighted by Crippen LogP contribution is -2.17. The summed E-state index contributed by atoms with van der Waals surface area (Å²) in [4.78, 5) is 10.3. The van der Waals surface area contributed by atoms with E-state index < -0.39 is 0 Å². The van der Waals surface area contributed by atoms with Crippen molar-refractivity contribution in [2.75, 3.05) is 0 Å². The second-order valence-electron chi connectivity index (χ2n) is 4.60. The van der Waals surface area contributed by atoms with Gasteiger partial charge in [0.05, 0.1) is 17.1 Å². The van der Waals surface area contributed by atoms with Gasteiger partial charge in [0.1, 0.15) is 5.82 Å². The summed E-state index contributed by atoms with van der Waals surface area (Å²) in [6.45, 7) is 2.79. The van der Waals surface area contributed by atoms with Gasteiger partial charge >= 0.3 is 0 Å². The molecule has 2 heterocycles. The summed E-state index contributed by atoms with van der Waals surface area (Å²) in [5, 5.41) is 5.53. The molecule has 0 aliphatic heterocycles. The molecule has 0 aromatic carbocycles. The Morgan fingerprint density at radius 2 is 2.22 bits per heavy atom. The predicted molar refractivity (Wildman–Crippen MR) is 77.6 cm³/mol.